The molecule has 0 aliphatic carbocycles. The van der Waals surface area contributed by atoms with Crippen LogP contribution in [0.3, 0.4) is 0 Å². The van der Waals surface area contributed by atoms with Gasteiger partial charge in [-0.1, -0.05) is 0 Å². The number of primary amides is 1. The van der Waals surface area contributed by atoms with Crippen LogP contribution in [0.15, 0.2) is 47.4 Å². The summed E-state index contributed by atoms with van der Waals surface area (Å²) in [5, 5.41) is 2.75. The van der Waals surface area contributed by atoms with Gasteiger partial charge in [0, 0.05) is 29.1 Å². The second kappa shape index (κ2) is 8.14. The van der Waals surface area contributed by atoms with Crippen LogP contribution in [0.2, 0.25) is 0 Å². The second-order valence-electron chi connectivity index (χ2n) is 6.32. The van der Waals surface area contributed by atoms with Gasteiger partial charge in [0.15, 0.2) is 0 Å². The third-order valence-corrected chi connectivity index (χ3v) is 5.07. The molecule has 148 valence electrons. The van der Waals surface area contributed by atoms with Crippen LogP contribution in [-0.4, -0.2) is 30.4 Å². The Balaban J connectivity index is 1.82. The molecule has 3 N–H and O–H groups in total. The van der Waals surface area contributed by atoms with Crippen LogP contribution in [0.4, 0.5) is 24.5 Å². The van der Waals surface area contributed by atoms with Gasteiger partial charge in [-0.25, -0.2) is 0 Å². The first-order valence-electron chi connectivity index (χ1n) is 8.59. The summed E-state index contributed by atoms with van der Waals surface area (Å²) in [6.07, 6.45) is 2.06. The zero-order valence-corrected chi connectivity index (χ0v) is 15.6. The summed E-state index contributed by atoms with van der Waals surface area (Å²) in [5.41, 5.74) is 2.64. The third-order valence-electron chi connectivity index (χ3n) is 4.33. The monoisotopic (exact) mass is 409 g/mol. The van der Waals surface area contributed by atoms with Crippen molar-refractivity contribution in [3.63, 3.8) is 0 Å². The topological polar surface area (TPSA) is 75.4 Å². The summed E-state index contributed by atoms with van der Waals surface area (Å²) in [5.74, 6) is -1.09. The first-order chi connectivity index (χ1) is 13.2. The number of hydrogen-bond donors (Lipinski definition) is 2. The Labute approximate surface area is 164 Å². The number of nitrogens with two attached hydrogens (primary N) is 1. The number of nitrogens with zero attached hydrogens (tertiary/aromatic N) is 1. The van der Waals surface area contributed by atoms with Gasteiger partial charge in [0.2, 0.25) is 5.91 Å². The Hall–Kier alpha value is -2.68. The molecule has 1 aliphatic heterocycles. The first kappa shape index (κ1) is 20.1. The Bertz CT molecular complexity index is 879. The minimum atomic E-state index is -4.39. The average molecular weight is 409 g/mol. The lowest BCUT2D eigenvalue weighted by atomic mass is 10.1. The Morgan fingerprint density at radius 1 is 1.00 bits per heavy atom. The Kier molecular flexibility index (Phi) is 5.83. The lowest BCUT2D eigenvalue weighted by Crippen LogP contribution is -2.22. The number of carbonyl (C=O) groups is 2. The van der Waals surface area contributed by atoms with Crippen LogP contribution in [0, 0.1) is 0 Å². The highest BCUT2D eigenvalue weighted by atomic mass is 32.2. The van der Waals surface area contributed by atoms with Gasteiger partial charge in [-0.15, -0.1) is 0 Å². The van der Waals surface area contributed by atoms with E-state index in [9.17, 15) is 22.8 Å². The average Bonchev–Trinajstić information content (AvgIpc) is 3.15. The normalized spacial score (nSPS) is 14.2. The van der Waals surface area contributed by atoms with Crippen molar-refractivity contribution in [2.75, 3.05) is 23.3 Å². The Morgan fingerprint density at radius 2 is 1.61 bits per heavy atom. The molecule has 1 aliphatic rings. The first-order valence-corrected chi connectivity index (χ1v) is 9.40. The van der Waals surface area contributed by atoms with E-state index in [0.29, 0.717) is 5.69 Å². The van der Waals surface area contributed by atoms with E-state index in [0.717, 1.165) is 31.6 Å². The highest BCUT2D eigenvalue weighted by molar-refractivity contribution is 8.00. The molecule has 2 aromatic rings. The van der Waals surface area contributed by atoms with E-state index in [1.54, 1.807) is 12.1 Å². The summed E-state index contributed by atoms with van der Waals surface area (Å²) in [6.45, 7) is 1.67. The van der Waals surface area contributed by atoms with E-state index in [-0.39, 0.29) is 27.8 Å². The highest BCUT2D eigenvalue weighted by Crippen LogP contribution is 2.37. The number of anilines is 2. The molecule has 3 rings (SSSR count). The molecule has 0 unspecified atom stereocenters. The van der Waals surface area contributed by atoms with E-state index in [1.807, 2.05) is 0 Å². The van der Waals surface area contributed by atoms with E-state index < -0.39 is 17.3 Å². The zero-order chi connectivity index (χ0) is 20.3. The number of hydrogen-bond acceptors (Lipinski definition) is 4. The fraction of sp³-hybridized carbons (Fsp3) is 0.263. The van der Waals surface area contributed by atoms with Crippen molar-refractivity contribution >= 4 is 35.0 Å². The third kappa shape index (κ3) is 4.98. The molecule has 28 heavy (non-hydrogen) atoms. The Morgan fingerprint density at radius 3 is 2.18 bits per heavy atom. The van der Waals surface area contributed by atoms with E-state index in [1.165, 1.54) is 30.3 Å². The van der Waals surface area contributed by atoms with Crippen LogP contribution in [-0.2, 0) is 0 Å². The van der Waals surface area contributed by atoms with Gasteiger partial charge < -0.3 is 16.0 Å². The van der Waals surface area contributed by atoms with Gasteiger partial charge in [0.05, 0.1) is 11.4 Å². The molecule has 0 spiro atoms. The summed E-state index contributed by atoms with van der Waals surface area (Å²) < 4.78 is 37.3. The number of amides is 2. The van der Waals surface area contributed by atoms with Crippen LogP contribution in [0.1, 0.15) is 33.6 Å². The molecule has 1 heterocycles. The highest BCUT2D eigenvalue weighted by Gasteiger charge is 2.29. The van der Waals surface area contributed by atoms with Gasteiger partial charge >= 0.3 is 5.51 Å². The summed E-state index contributed by atoms with van der Waals surface area (Å²) in [7, 11) is 0. The van der Waals surface area contributed by atoms with Crippen molar-refractivity contribution in [1.82, 2.24) is 0 Å². The van der Waals surface area contributed by atoms with Crippen molar-refractivity contribution in [3.8, 4) is 0 Å². The molecule has 0 atom stereocenters. The maximum atomic E-state index is 12.6. The molecular weight excluding hydrogens is 391 g/mol. The lowest BCUT2D eigenvalue weighted by molar-refractivity contribution is -0.0328. The number of halogens is 3. The number of thioether (sulfide) groups is 1. The predicted molar refractivity (Wildman–Crippen MR) is 103 cm³/mol. The van der Waals surface area contributed by atoms with Crippen molar-refractivity contribution in [2.24, 2.45) is 5.73 Å². The van der Waals surface area contributed by atoms with Crippen molar-refractivity contribution in [2.45, 2.75) is 23.2 Å². The molecule has 2 aromatic carbocycles. The van der Waals surface area contributed by atoms with Gasteiger partial charge in [0.1, 0.15) is 0 Å². The number of nitrogens with one attached hydrogen (secondary N) is 1. The maximum Gasteiger partial charge on any atom is 0.446 e. The van der Waals surface area contributed by atoms with Gasteiger partial charge in [-0.05, 0) is 67.1 Å². The zero-order valence-electron chi connectivity index (χ0n) is 14.8. The smallest absolute Gasteiger partial charge is 0.370 e. The fourth-order valence-corrected chi connectivity index (χ4v) is 3.57. The molecule has 9 heteroatoms. The predicted octanol–water partition coefficient (Wildman–Crippen LogP) is 4.25. The molecule has 0 saturated carbocycles. The fourth-order valence-electron chi connectivity index (χ4n) is 3.03. The number of benzene rings is 2. The number of alkyl halides is 3. The molecule has 5 nitrogen and oxygen atoms in total. The van der Waals surface area contributed by atoms with Crippen LogP contribution in [0.25, 0.3) is 0 Å². The van der Waals surface area contributed by atoms with E-state index in [4.69, 9.17) is 5.73 Å². The minimum absolute atomic E-state index is 0.00229. The van der Waals surface area contributed by atoms with Gasteiger partial charge in [-0.2, -0.15) is 13.2 Å². The molecule has 1 fully saturated rings. The minimum Gasteiger partial charge on any atom is -0.370 e. The molecule has 0 radical (unpaired) electrons. The molecule has 0 bridgehead atoms. The van der Waals surface area contributed by atoms with E-state index >= 15 is 0 Å². The van der Waals surface area contributed by atoms with Crippen molar-refractivity contribution in [3.05, 3.63) is 53.6 Å². The SMILES string of the molecule is NC(=O)c1ccc(N2CCCC2)c(NC(=O)c2ccc(SC(F)(F)F)cc2)c1. The number of rotatable bonds is 5. The second-order valence-corrected chi connectivity index (χ2v) is 7.46. The van der Waals surface area contributed by atoms with Crippen LogP contribution in [0.5, 0.6) is 0 Å². The van der Waals surface area contributed by atoms with Crippen molar-refractivity contribution in [1.29, 1.82) is 0 Å². The molecule has 1 saturated heterocycles. The van der Waals surface area contributed by atoms with Gasteiger partial charge in [0.25, 0.3) is 5.91 Å². The quantitative estimate of drug-likeness (QED) is 0.724. The van der Waals surface area contributed by atoms with Crippen LogP contribution >= 0.6 is 11.8 Å². The largest absolute Gasteiger partial charge is 0.446 e. The summed E-state index contributed by atoms with van der Waals surface area (Å²) in [4.78, 5) is 26.2. The maximum absolute atomic E-state index is 12.6. The summed E-state index contributed by atoms with van der Waals surface area (Å²) in [6, 6.07) is 10.0. The standard InChI is InChI=1S/C19H18F3N3O2S/c20-19(21,22)28-14-6-3-12(4-7-14)18(27)24-15-11-13(17(23)26)5-8-16(15)25-9-1-2-10-25/h3-8,11H,1-2,9-10H2,(H2,23,26)(H,24,27). The van der Waals surface area contributed by atoms with Gasteiger partial charge in [-0.3, -0.25) is 9.59 Å². The van der Waals surface area contributed by atoms with Crippen molar-refractivity contribution < 1.29 is 22.8 Å². The number of carbonyl (C=O) groups excluding carboxylic acids is 2. The van der Waals surface area contributed by atoms with E-state index in [2.05, 4.69) is 10.2 Å². The van der Waals surface area contributed by atoms with Crippen LogP contribution < -0.4 is 16.0 Å². The lowest BCUT2D eigenvalue weighted by Gasteiger charge is -2.22. The molecule has 2 amide bonds. The molecule has 0 aromatic heterocycles. The summed E-state index contributed by atoms with van der Waals surface area (Å²) >= 11 is -0.240. The molecular formula is C19H18F3N3O2S.